The highest BCUT2D eigenvalue weighted by Gasteiger charge is 2.16. The van der Waals surface area contributed by atoms with Crippen molar-refractivity contribution >= 4 is 11.4 Å². The number of anilines is 1. The van der Waals surface area contributed by atoms with Crippen LogP contribution in [0, 0.1) is 15.9 Å². The predicted octanol–water partition coefficient (Wildman–Crippen LogP) is 3.61. The Balaban J connectivity index is 2.24. The largest absolute Gasteiger partial charge is 0.508 e. The smallest absolute Gasteiger partial charge is 0.306 e. The summed E-state index contributed by atoms with van der Waals surface area (Å²) in [5.74, 6) is -0.750. The molecule has 0 aliphatic carbocycles. The molecule has 2 aromatic rings. The maximum atomic E-state index is 13.2. The van der Waals surface area contributed by atoms with Crippen molar-refractivity contribution in [1.82, 2.24) is 0 Å². The molecule has 0 spiro atoms. The van der Waals surface area contributed by atoms with Crippen LogP contribution in [-0.2, 0) is 0 Å². The van der Waals surface area contributed by atoms with E-state index >= 15 is 0 Å². The lowest BCUT2D eigenvalue weighted by Gasteiger charge is -2.16. The summed E-state index contributed by atoms with van der Waals surface area (Å²) in [4.78, 5) is 9.91. The predicted molar refractivity (Wildman–Crippen MR) is 73.2 cm³/mol. The van der Waals surface area contributed by atoms with Gasteiger partial charge < -0.3 is 10.4 Å². The number of nitrogens with one attached hydrogen (secondary N) is 1. The monoisotopic (exact) mass is 276 g/mol. The van der Waals surface area contributed by atoms with E-state index in [9.17, 15) is 19.6 Å². The van der Waals surface area contributed by atoms with Crippen LogP contribution in [0.1, 0.15) is 18.5 Å². The van der Waals surface area contributed by atoms with Gasteiger partial charge in [0.1, 0.15) is 5.75 Å². The van der Waals surface area contributed by atoms with Crippen LogP contribution in [0.3, 0.4) is 0 Å². The standard InChI is InChI=1S/C14H13FN2O3/c1-9(11-4-2-3-5-14(11)18)16-10-6-7-12(15)13(8-10)17(19)20/h2-9,16,18H,1H3. The second kappa shape index (κ2) is 5.56. The summed E-state index contributed by atoms with van der Waals surface area (Å²) < 4.78 is 13.2. The molecule has 0 aliphatic rings. The third kappa shape index (κ3) is 2.85. The molecule has 2 rings (SSSR count). The van der Waals surface area contributed by atoms with E-state index in [4.69, 9.17) is 0 Å². The van der Waals surface area contributed by atoms with E-state index in [1.807, 2.05) is 0 Å². The third-order valence-corrected chi connectivity index (χ3v) is 2.93. The Labute approximate surface area is 114 Å². The zero-order valence-corrected chi connectivity index (χ0v) is 10.7. The van der Waals surface area contributed by atoms with Gasteiger partial charge in [-0.25, -0.2) is 0 Å². The van der Waals surface area contributed by atoms with Crippen LogP contribution in [0.25, 0.3) is 0 Å². The summed E-state index contributed by atoms with van der Waals surface area (Å²) in [6.07, 6.45) is 0. The molecule has 0 aliphatic heterocycles. The van der Waals surface area contributed by atoms with Gasteiger partial charge in [0.05, 0.1) is 11.0 Å². The molecule has 2 N–H and O–H groups in total. The van der Waals surface area contributed by atoms with Gasteiger partial charge in [-0.15, -0.1) is 0 Å². The summed E-state index contributed by atoms with van der Waals surface area (Å²) in [6, 6.07) is 10.1. The number of nitrogens with zero attached hydrogens (tertiary/aromatic N) is 1. The summed E-state index contributed by atoms with van der Waals surface area (Å²) in [7, 11) is 0. The number of hydrogen-bond donors (Lipinski definition) is 2. The van der Waals surface area contributed by atoms with Crippen molar-refractivity contribution in [1.29, 1.82) is 0 Å². The Bertz CT molecular complexity index is 646. The molecule has 1 atom stereocenters. The summed E-state index contributed by atoms with van der Waals surface area (Å²) >= 11 is 0. The number of benzene rings is 2. The molecule has 0 saturated carbocycles. The van der Waals surface area contributed by atoms with E-state index in [0.717, 1.165) is 12.1 Å². The Morgan fingerprint density at radius 3 is 2.65 bits per heavy atom. The van der Waals surface area contributed by atoms with Crippen molar-refractivity contribution < 1.29 is 14.4 Å². The van der Waals surface area contributed by atoms with Crippen LogP contribution in [0.4, 0.5) is 15.8 Å². The molecule has 0 amide bonds. The fourth-order valence-corrected chi connectivity index (χ4v) is 1.92. The highest BCUT2D eigenvalue weighted by Crippen LogP contribution is 2.28. The Morgan fingerprint density at radius 2 is 2.00 bits per heavy atom. The molecule has 0 radical (unpaired) electrons. The first kappa shape index (κ1) is 13.8. The number of nitro groups is 1. The third-order valence-electron chi connectivity index (χ3n) is 2.93. The van der Waals surface area contributed by atoms with E-state index in [1.54, 1.807) is 31.2 Å². The number of hydrogen-bond acceptors (Lipinski definition) is 4. The molecule has 104 valence electrons. The summed E-state index contributed by atoms with van der Waals surface area (Å²) in [6.45, 7) is 1.80. The summed E-state index contributed by atoms with van der Waals surface area (Å²) in [5.41, 5.74) is 0.479. The number of phenols is 1. The van der Waals surface area contributed by atoms with Gasteiger partial charge in [-0.05, 0) is 25.1 Å². The topological polar surface area (TPSA) is 75.4 Å². The lowest BCUT2D eigenvalue weighted by Crippen LogP contribution is -2.07. The number of phenolic OH excluding ortho intramolecular Hbond substituents is 1. The van der Waals surface area contributed by atoms with Gasteiger partial charge in [0.25, 0.3) is 0 Å². The number of rotatable bonds is 4. The Hall–Kier alpha value is -2.63. The van der Waals surface area contributed by atoms with Crippen LogP contribution in [0.15, 0.2) is 42.5 Å². The van der Waals surface area contributed by atoms with E-state index < -0.39 is 16.4 Å². The average molecular weight is 276 g/mol. The fraction of sp³-hybridized carbons (Fsp3) is 0.143. The van der Waals surface area contributed by atoms with Crippen molar-refractivity contribution in [3.63, 3.8) is 0 Å². The normalized spacial score (nSPS) is 11.9. The van der Waals surface area contributed by atoms with Crippen molar-refractivity contribution in [2.45, 2.75) is 13.0 Å². The molecule has 0 fully saturated rings. The Morgan fingerprint density at radius 1 is 1.30 bits per heavy atom. The zero-order chi connectivity index (χ0) is 14.7. The number of halogens is 1. The number of nitro benzene ring substituents is 1. The molecular weight excluding hydrogens is 263 g/mol. The van der Waals surface area contributed by atoms with Crippen molar-refractivity contribution in [3.05, 3.63) is 64.0 Å². The fourth-order valence-electron chi connectivity index (χ4n) is 1.92. The van der Waals surface area contributed by atoms with Gasteiger partial charge in [0, 0.05) is 17.3 Å². The SMILES string of the molecule is CC(Nc1ccc(F)c([N+](=O)[O-])c1)c1ccccc1O. The second-order valence-corrected chi connectivity index (χ2v) is 4.35. The van der Waals surface area contributed by atoms with E-state index in [0.29, 0.717) is 11.3 Å². The lowest BCUT2D eigenvalue weighted by molar-refractivity contribution is -0.387. The van der Waals surface area contributed by atoms with Crippen LogP contribution in [0.5, 0.6) is 5.75 Å². The molecule has 0 heterocycles. The second-order valence-electron chi connectivity index (χ2n) is 4.35. The van der Waals surface area contributed by atoms with Gasteiger partial charge in [0.15, 0.2) is 0 Å². The van der Waals surface area contributed by atoms with Gasteiger partial charge in [0.2, 0.25) is 5.82 Å². The lowest BCUT2D eigenvalue weighted by atomic mass is 10.1. The first-order chi connectivity index (χ1) is 9.49. The quantitative estimate of drug-likeness (QED) is 0.660. The zero-order valence-electron chi connectivity index (χ0n) is 10.7. The van der Waals surface area contributed by atoms with Crippen LogP contribution in [-0.4, -0.2) is 10.0 Å². The van der Waals surface area contributed by atoms with E-state index in [2.05, 4.69) is 5.32 Å². The molecule has 1 unspecified atom stereocenters. The minimum atomic E-state index is -0.879. The van der Waals surface area contributed by atoms with Crippen LogP contribution in [0.2, 0.25) is 0 Å². The van der Waals surface area contributed by atoms with Gasteiger partial charge in [-0.3, -0.25) is 10.1 Å². The van der Waals surface area contributed by atoms with Crippen LogP contribution < -0.4 is 5.32 Å². The minimum Gasteiger partial charge on any atom is -0.508 e. The highest BCUT2D eigenvalue weighted by atomic mass is 19.1. The first-order valence-corrected chi connectivity index (χ1v) is 5.97. The van der Waals surface area contributed by atoms with Gasteiger partial charge >= 0.3 is 5.69 Å². The molecular formula is C14H13FN2O3. The first-order valence-electron chi connectivity index (χ1n) is 5.97. The van der Waals surface area contributed by atoms with Gasteiger partial charge in [-0.1, -0.05) is 18.2 Å². The maximum absolute atomic E-state index is 13.2. The van der Waals surface area contributed by atoms with Gasteiger partial charge in [-0.2, -0.15) is 4.39 Å². The number of aromatic hydroxyl groups is 1. The average Bonchev–Trinajstić information content (AvgIpc) is 2.41. The van der Waals surface area contributed by atoms with Crippen molar-refractivity contribution in [2.75, 3.05) is 5.32 Å². The maximum Gasteiger partial charge on any atom is 0.306 e. The summed E-state index contributed by atoms with van der Waals surface area (Å²) in [5, 5.41) is 23.4. The molecule has 0 aromatic heterocycles. The highest BCUT2D eigenvalue weighted by molar-refractivity contribution is 5.53. The molecule has 20 heavy (non-hydrogen) atoms. The molecule has 6 heteroatoms. The molecule has 0 saturated heterocycles. The molecule has 0 bridgehead atoms. The Kier molecular flexibility index (Phi) is 3.84. The molecule has 5 nitrogen and oxygen atoms in total. The van der Waals surface area contributed by atoms with E-state index in [1.165, 1.54) is 6.07 Å². The number of para-hydroxylation sites is 1. The van der Waals surface area contributed by atoms with Crippen molar-refractivity contribution in [3.8, 4) is 5.75 Å². The minimum absolute atomic E-state index is 0.129. The van der Waals surface area contributed by atoms with E-state index in [-0.39, 0.29) is 11.8 Å². The van der Waals surface area contributed by atoms with Crippen LogP contribution >= 0.6 is 0 Å². The molecule has 2 aromatic carbocycles. The van der Waals surface area contributed by atoms with Crippen molar-refractivity contribution in [2.24, 2.45) is 0 Å².